The van der Waals surface area contributed by atoms with Crippen molar-refractivity contribution in [2.75, 3.05) is 5.32 Å². The molecule has 0 bridgehead atoms. The third-order valence-electron chi connectivity index (χ3n) is 3.63. The Morgan fingerprint density at radius 1 is 0.960 bits per heavy atom. The molecule has 4 N–H and O–H groups in total. The molecular weight excluding hydrogens is 318 g/mol. The topological polar surface area (TPSA) is 93.4 Å². The SMILES string of the molecule is Cc1ccc(Oc2ccc(NC(=O)[C@@H](NC(N)=O)C(C)C)cc2)cc1. The number of nitrogens with one attached hydrogen (secondary N) is 2. The molecule has 0 saturated heterocycles. The second-order valence-electron chi connectivity index (χ2n) is 6.16. The fourth-order valence-electron chi connectivity index (χ4n) is 2.26. The Morgan fingerprint density at radius 3 is 1.96 bits per heavy atom. The standard InChI is InChI=1S/C19H23N3O3/c1-12(2)17(22-19(20)24)18(23)21-14-6-10-16(11-7-14)25-15-8-4-13(3)5-9-15/h4-12,17H,1-3H3,(H,21,23)(H3,20,22,24)/t17-/m0/s1. The van der Waals surface area contributed by atoms with E-state index in [1.54, 1.807) is 24.3 Å². The van der Waals surface area contributed by atoms with Gasteiger partial charge in [-0.3, -0.25) is 4.79 Å². The number of carbonyl (C=O) groups excluding carboxylic acids is 2. The summed E-state index contributed by atoms with van der Waals surface area (Å²) in [4.78, 5) is 23.3. The molecule has 0 aromatic heterocycles. The zero-order chi connectivity index (χ0) is 18.4. The Balaban J connectivity index is 2.00. The smallest absolute Gasteiger partial charge is 0.312 e. The van der Waals surface area contributed by atoms with Gasteiger partial charge in [-0.25, -0.2) is 4.79 Å². The van der Waals surface area contributed by atoms with Crippen LogP contribution in [0.25, 0.3) is 0 Å². The number of hydrogen-bond acceptors (Lipinski definition) is 3. The van der Waals surface area contributed by atoms with Crippen molar-refractivity contribution in [2.45, 2.75) is 26.8 Å². The number of primary amides is 1. The summed E-state index contributed by atoms with van der Waals surface area (Å²) in [5, 5.41) is 5.21. The number of anilines is 1. The van der Waals surface area contributed by atoms with Gasteiger partial charge in [-0.05, 0) is 49.2 Å². The summed E-state index contributed by atoms with van der Waals surface area (Å²) in [7, 11) is 0. The fourth-order valence-corrected chi connectivity index (χ4v) is 2.26. The highest BCUT2D eigenvalue weighted by molar-refractivity contribution is 5.97. The van der Waals surface area contributed by atoms with Crippen LogP contribution in [0.4, 0.5) is 10.5 Å². The van der Waals surface area contributed by atoms with Crippen molar-refractivity contribution in [3.8, 4) is 11.5 Å². The summed E-state index contributed by atoms with van der Waals surface area (Å²) in [6.45, 7) is 5.68. The highest BCUT2D eigenvalue weighted by Crippen LogP contribution is 2.23. The first-order valence-electron chi connectivity index (χ1n) is 8.06. The van der Waals surface area contributed by atoms with Crippen LogP contribution in [-0.4, -0.2) is 18.0 Å². The van der Waals surface area contributed by atoms with Crippen molar-refractivity contribution >= 4 is 17.6 Å². The van der Waals surface area contributed by atoms with E-state index in [-0.39, 0.29) is 11.8 Å². The van der Waals surface area contributed by atoms with E-state index < -0.39 is 12.1 Å². The van der Waals surface area contributed by atoms with Crippen molar-refractivity contribution in [1.29, 1.82) is 0 Å². The largest absolute Gasteiger partial charge is 0.457 e. The average molecular weight is 341 g/mol. The van der Waals surface area contributed by atoms with Crippen LogP contribution in [-0.2, 0) is 4.79 Å². The van der Waals surface area contributed by atoms with Crippen LogP contribution in [0.15, 0.2) is 48.5 Å². The molecule has 1 atom stereocenters. The van der Waals surface area contributed by atoms with Crippen LogP contribution in [0.5, 0.6) is 11.5 Å². The lowest BCUT2D eigenvalue weighted by molar-refractivity contribution is -0.118. The molecule has 25 heavy (non-hydrogen) atoms. The number of benzene rings is 2. The molecule has 0 unspecified atom stereocenters. The van der Waals surface area contributed by atoms with E-state index in [1.165, 1.54) is 0 Å². The Bertz CT molecular complexity index is 725. The molecule has 2 aromatic rings. The van der Waals surface area contributed by atoms with Crippen LogP contribution in [0.2, 0.25) is 0 Å². The van der Waals surface area contributed by atoms with Crippen LogP contribution in [0.3, 0.4) is 0 Å². The van der Waals surface area contributed by atoms with E-state index in [9.17, 15) is 9.59 Å². The number of aryl methyl sites for hydroxylation is 1. The molecule has 0 aliphatic rings. The normalized spacial score (nSPS) is 11.7. The maximum Gasteiger partial charge on any atom is 0.312 e. The number of carbonyl (C=O) groups is 2. The van der Waals surface area contributed by atoms with Gasteiger partial charge in [0.25, 0.3) is 0 Å². The number of amides is 3. The molecular formula is C19H23N3O3. The minimum atomic E-state index is -0.726. The Morgan fingerprint density at radius 2 is 1.48 bits per heavy atom. The monoisotopic (exact) mass is 341 g/mol. The van der Waals surface area contributed by atoms with E-state index in [0.717, 1.165) is 11.3 Å². The van der Waals surface area contributed by atoms with E-state index in [1.807, 2.05) is 45.0 Å². The summed E-state index contributed by atoms with van der Waals surface area (Å²) in [6.07, 6.45) is 0. The van der Waals surface area contributed by atoms with Crippen LogP contribution < -0.4 is 21.1 Å². The van der Waals surface area contributed by atoms with Gasteiger partial charge in [0.15, 0.2) is 0 Å². The quantitative estimate of drug-likeness (QED) is 0.751. The van der Waals surface area contributed by atoms with E-state index in [2.05, 4.69) is 10.6 Å². The predicted molar refractivity (Wildman–Crippen MR) is 97.7 cm³/mol. The highest BCUT2D eigenvalue weighted by Gasteiger charge is 2.23. The van der Waals surface area contributed by atoms with Gasteiger partial charge >= 0.3 is 6.03 Å². The Labute approximate surface area is 147 Å². The van der Waals surface area contributed by atoms with Gasteiger partial charge in [0.05, 0.1) is 0 Å². The van der Waals surface area contributed by atoms with Crippen LogP contribution in [0, 0.1) is 12.8 Å². The minimum Gasteiger partial charge on any atom is -0.457 e. The van der Waals surface area contributed by atoms with Gasteiger partial charge in [-0.2, -0.15) is 0 Å². The van der Waals surface area contributed by atoms with Crippen molar-refractivity contribution in [3.63, 3.8) is 0 Å². The minimum absolute atomic E-state index is 0.0864. The number of urea groups is 1. The lowest BCUT2D eigenvalue weighted by Crippen LogP contribution is -2.49. The van der Waals surface area contributed by atoms with Gasteiger partial charge in [0, 0.05) is 5.69 Å². The molecule has 0 saturated carbocycles. The van der Waals surface area contributed by atoms with Gasteiger partial charge in [-0.15, -0.1) is 0 Å². The molecule has 132 valence electrons. The van der Waals surface area contributed by atoms with Gasteiger partial charge in [0.1, 0.15) is 17.5 Å². The molecule has 0 heterocycles. The summed E-state index contributed by atoms with van der Waals surface area (Å²) < 4.78 is 5.75. The lowest BCUT2D eigenvalue weighted by Gasteiger charge is -2.20. The predicted octanol–water partition coefficient (Wildman–Crippen LogP) is 3.42. The fraction of sp³-hybridized carbons (Fsp3) is 0.263. The first kappa shape index (κ1) is 18.3. The third kappa shape index (κ3) is 5.53. The van der Waals surface area contributed by atoms with Gasteiger partial charge in [-0.1, -0.05) is 31.5 Å². The van der Waals surface area contributed by atoms with Crippen molar-refractivity contribution in [2.24, 2.45) is 11.7 Å². The maximum absolute atomic E-state index is 12.3. The van der Waals surface area contributed by atoms with Crippen molar-refractivity contribution in [3.05, 3.63) is 54.1 Å². The Hall–Kier alpha value is -3.02. The zero-order valence-electron chi connectivity index (χ0n) is 14.6. The first-order chi connectivity index (χ1) is 11.8. The number of rotatable bonds is 6. The molecule has 3 amide bonds. The lowest BCUT2D eigenvalue weighted by atomic mass is 10.0. The molecule has 0 spiro atoms. The number of nitrogens with two attached hydrogens (primary N) is 1. The third-order valence-corrected chi connectivity index (χ3v) is 3.63. The van der Waals surface area contributed by atoms with E-state index >= 15 is 0 Å². The van der Waals surface area contributed by atoms with E-state index in [4.69, 9.17) is 10.5 Å². The molecule has 6 nitrogen and oxygen atoms in total. The molecule has 0 aliphatic carbocycles. The van der Waals surface area contributed by atoms with Crippen LogP contribution >= 0.6 is 0 Å². The molecule has 0 radical (unpaired) electrons. The van der Waals surface area contributed by atoms with Gasteiger partial charge in [0.2, 0.25) is 5.91 Å². The second-order valence-corrected chi connectivity index (χ2v) is 6.16. The Kier molecular flexibility index (Phi) is 6.00. The van der Waals surface area contributed by atoms with Crippen molar-refractivity contribution < 1.29 is 14.3 Å². The zero-order valence-corrected chi connectivity index (χ0v) is 14.6. The molecule has 0 fully saturated rings. The molecule has 2 rings (SSSR count). The maximum atomic E-state index is 12.3. The summed E-state index contributed by atoms with van der Waals surface area (Å²) in [5.41, 5.74) is 6.89. The number of ether oxygens (including phenoxy) is 1. The highest BCUT2D eigenvalue weighted by atomic mass is 16.5. The molecule has 0 aliphatic heterocycles. The van der Waals surface area contributed by atoms with Gasteiger partial charge < -0.3 is 21.1 Å². The second kappa shape index (κ2) is 8.19. The number of hydrogen-bond donors (Lipinski definition) is 3. The molecule has 6 heteroatoms. The first-order valence-corrected chi connectivity index (χ1v) is 8.06. The summed E-state index contributed by atoms with van der Waals surface area (Å²) in [5.74, 6) is 1.00. The van der Waals surface area contributed by atoms with Crippen LogP contribution in [0.1, 0.15) is 19.4 Å². The van der Waals surface area contributed by atoms with Crippen molar-refractivity contribution in [1.82, 2.24) is 5.32 Å². The molecule has 2 aromatic carbocycles. The van der Waals surface area contributed by atoms with E-state index in [0.29, 0.717) is 11.4 Å². The summed E-state index contributed by atoms with van der Waals surface area (Å²) >= 11 is 0. The summed E-state index contributed by atoms with van der Waals surface area (Å²) in [6, 6.07) is 13.3. The average Bonchev–Trinajstić information content (AvgIpc) is 2.56.